The maximum atomic E-state index is 5.35. The maximum absolute atomic E-state index is 5.35. The lowest BCUT2D eigenvalue weighted by molar-refractivity contribution is 0.243. The van der Waals surface area contributed by atoms with Crippen molar-refractivity contribution in [2.45, 2.75) is 27.2 Å². The molecule has 0 atom stereocenters. The Balaban J connectivity index is 2.41. The Morgan fingerprint density at radius 1 is 1.58 bits per heavy atom. The highest BCUT2D eigenvalue weighted by atomic mass is 16.5. The summed E-state index contributed by atoms with van der Waals surface area (Å²) in [5.41, 5.74) is 0. The molecule has 0 fully saturated rings. The van der Waals surface area contributed by atoms with E-state index in [-0.39, 0.29) is 0 Å². The molecule has 0 saturated carbocycles. The van der Waals surface area contributed by atoms with Crippen molar-refractivity contribution in [2.75, 3.05) is 6.61 Å². The molecule has 1 aromatic rings. The van der Waals surface area contributed by atoms with Crippen LogP contribution in [0.15, 0.2) is 10.6 Å². The molecule has 3 heteroatoms. The Bertz CT molecular complexity index is 230. The van der Waals surface area contributed by atoms with Gasteiger partial charge in [-0.15, -0.1) is 0 Å². The normalized spacial score (nSPS) is 10.7. The molecule has 3 nitrogen and oxygen atoms in total. The molecule has 1 aromatic heterocycles. The van der Waals surface area contributed by atoms with Gasteiger partial charge in [-0.25, -0.2) is 0 Å². The smallest absolute Gasteiger partial charge is 0.254 e. The second-order valence-electron chi connectivity index (χ2n) is 3.19. The van der Waals surface area contributed by atoms with Crippen LogP contribution in [0, 0.1) is 5.92 Å². The minimum Gasteiger partial charge on any atom is -0.475 e. The second kappa shape index (κ2) is 4.14. The van der Waals surface area contributed by atoms with Gasteiger partial charge >= 0.3 is 0 Å². The fraction of sp³-hybridized carbons (Fsp3) is 0.667. The third-order valence-electron chi connectivity index (χ3n) is 1.45. The molecule has 1 heterocycles. The average molecular weight is 169 g/mol. The van der Waals surface area contributed by atoms with Gasteiger partial charge in [0.15, 0.2) is 0 Å². The van der Waals surface area contributed by atoms with E-state index in [1.165, 1.54) is 0 Å². The van der Waals surface area contributed by atoms with Gasteiger partial charge in [-0.05, 0) is 11.1 Å². The highest BCUT2D eigenvalue weighted by Gasteiger charge is 2.03. The van der Waals surface area contributed by atoms with Gasteiger partial charge in [0.05, 0.1) is 6.61 Å². The van der Waals surface area contributed by atoms with Gasteiger partial charge in [0, 0.05) is 12.5 Å². The first-order chi connectivity index (χ1) is 5.72. The zero-order valence-corrected chi connectivity index (χ0v) is 7.83. The van der Waals surface area contributed by atoms with Gasteiger partial charge < -0.3 is 9.26 Å². The first-order valence-corrected chi connectivity index (χ1v) is 4.30. The molecule has 0 radical (unpaired) electrons. The first kappa shape index (κ1) is 9.10. The summed E-state index contributed by atoms with van der Waals surface area (Å²) in [6.45, 7) is 6.91. The highest BCUT2D eigenvalue weighted by molar-refractivity contribution is 5.10. The summed E-state index contributed by atoms with van der Waals surface area (Å²) in [6, 6.07) is 1.84. The van der Waals surface area contributed by atoms with E-state index in [1.54, 1.807) is 0 Å². The Hall–Kier alpha value is -0.990. The minimum atomic E-state index is 0.520. The van der Waals surface area contributed by atoms with Crippen molar-refractivity contribution in [1.29, 1.82) is 0 Å². The topological polar surface area (TPSA) is 35.3 Å². The number of aromatic nitrogens is 1. The van der Waals surface area contributed by atoms with Gasteiger partial charge in [-0.2, -0.15) is 0 Å². The van der Waals surface area contributed by atoms with Crippen molar-refractivity contribution in [2.24, 2.45) is 5.92 Å². The zero-order chi connectivity index (χ0) is 8.97. The molecule has 0 amide bonds. The minimum absolute atomic E-state index is 0.520. The molecule has 0 unspecified atom stereocenters. The van der Waals surface area contributed by atoms with E-state index < -0.39 is 0 Å². The monoisotopic (exact) mass is 169 g/mol. The van der Waals surface area contributed by atoms with Crippen LogP contribution in [0.1, 0.15) is 26.5 Å². The van der Waals surface area contributed by atoms with Crippen LogP contribution in [0.3, 0.4) is 0 Å². The van der Waals surface area contributed by atoms with Crippen molar-refractivity contribution >= 4 is 0 Å². The van der Waals surface area contributed by atoms with Gasteiger partial charge in [-0.3, -0.25) is 0 Å². The van der Waals surface area contributed by atoms with Crippen LogP contribution in [0.25, 0.3) is 0 Å². The predicted molar refractivity (Wildman–Crippen MR) is 46.2 cm³/mol. The van der Waals surface area contributed by atoms with E-state index in [0.717, 1.165) is 12.2 Å². The number of nitrogens with zero attached hydrogens (tertiary/aromatic N) is 1. The number of hydrogen-bond donors (Lipinski definition) is 0. The van der Waals surface area contributed by atoms with Crippen molar-refractivity contribution in [3.63, 3.8) is 0 Å². The average Bonchev–Trinajstić information content (AvgIpc) is 2.48. The number of rotatable bonds is 4. The number of ether oxygens (including phenoxy) is 1. The number of hydrogen-bond acceptors (Lipinski definition) is 3. The van der Waals surface area contributed by atoms with Crippen LogP contribution in [0.2, 0.25) is 0 Å². The maximum Gasteiger partial charge on any atom is 0.254 e. The zero-order valence-electron chi connectivity index (χ0n) is 7.83. The van der Waals surface area contributed by atoms with Gasteiger partial charge in [0.25, 0.3) is 5.88 Å². The molecular formula is C9H15NO2. The van der Waals surface area contributed by atoms with Crippen LogP contribution in [-0.2, 0) is 6.42 Å². The van der Waals surface area contributed by atoms with Crippen LogP contribution in [0.5, 0.6) is 5.88 Å². The molecule has 0 spiro atoms. The summed E-state index contributed by atoms with van der Waals surface area (Å²) >= 11 is 0. The molecule has 0 aliphatic heterocycles. The lowest BCUT2D eigenvalue weighted by Crippen LogP contribution is -2.04. The van der Waals surface area contributed by atoms with Crippen molar-refractivity contribution < 1.29 is 9.26 Å². The molecule has 68 valence electrons. The molecule has 0 saturated heterocycles. The van der Waals surface area contributed by atoms with E-state index in [1.807, 2.05) is 13.0 Å². The van der Waals surface area contributed by atoms with E-state index in [0.29, 0.717) is 18.4 Å². The summed E-state index contributed by atoms with van der Waals surface area (Å²) in [5.74, 6) is 1.99. The number of aryl methyl sites for hydroxylation is 1. The Labute approximate surface area is 72.7 Å². The first-order valence-electron chi connectivity index (χ1n) is 4.30. The molecule has 0 aromatic carbocycles. The molecule has 0 aliphatic carbocycles. The SMILES string of the molecule is CCc1cc(OCC(C)C)no1. The van der Waals surface area contributed by atoms with Crippen LogP contribution >= 0.6 is 0 Å². The summed E-state index contributed by atoms with van der Waals surface area (Å²) in [5, 5.41) is 3.76. The lowest BCUT2D eigenvalue weighted by atomic mass is 10.2. The summed E-state index contributed by atoms with van der Waals surface area (Å²) in [6.07, 6.45) is 0.859. The fourth-order valence-electron chi connectivity index (χ4n) is 0.781. The third kappa shape index (κ3) is 2.57. The molecule has 0 aliphatic rings. The third-order valence-corrected chi connectivity index (χ3v) is 1.45. The fourth-order valence-corrected chi connectivity index (χ4v) is 0.781. The summed E-state index contributed by atoms with van der Waals surface area (Å²) < 4.78 is 10.3. The predicted octanol–water partition coefficient (Wildman–Crippen LogP) is 2.27. The Morgan fingerprint density at radius 2 is 2.33 bits per heavy atom. The van der Waals surface area contributed by atoms with Crippen molar-refractivity contribution in [1.82, 2.24) is 5.16 Å². The van der Waals surface area contributed by atoms with E-state index >= 15 is 0 Å². The lowest BCUT2D eigenvalue weighted by Gasteiger charge is -2.03. The Morgan fingerprint density at radius 3 is 2.83 bits per heavy atom. The largest absolute Gasteiger partial charge is 0.475 e. The van der Waals surface area contributed by atoms with Crippen molar-refractivity contribution in [3.8, 4) is 5.88 Å². The second-order valence-corrected chi connectivity index (χ2v) is 3.19. The summed E-state index contributed by atoms with van der Waals surface area (Å²) in [7, 11) is 0. The highest BCUT2D eigenvalue weighted by Crippen LogP contribution is 2.12. The Kier molecular flexibility index (Phi) is 3.14. The van der Waals surface area contributed by atoms with Gasteiger partial charge in [0.2, 0.25) is 0 Å². The van der Waals surface area contributed by atoms with Crippen LogP contribution in [0.4, 0.5) is 0 Å². The molecule has 1 rings (SSSR count). The molecule has 0 N–H and O–H groups in total. The van der Waals surface area contributed by atoms with Gasteiger partial charge in [0.1, 0.15) is 5.76 Å². The molecule has 0 bridgehead atoms. The molecular weight excluding hydrogens is 154 g/mol. The van der Waals surface area contributed by atoms with Crippen LogP contribution in [-0.4, -0.2) is 11.8 Å². The van der Waals surface area contributed by atoms with E-state index in [9.17, 15) is 0 Å². The van der Waals surface area contributed by atoms with E-state index in [4.69, 9.17) is 9.26 Å². The summed E-state index contributed by atoms with van der Waals surface area (Å²) in [4.78, 5) is 0. The van der Waals surface area contributed by atoms with Gasteiger partial charge in [-0.1, -0.05) is 20.8 Å². The van der Waals surface area contributed by atoms with Crippen LogP contribution < -0.4 is 4.74 Å². The standard InChI is InChI=1S/C9H15NO2/c1-4-8-5-9(10-12-8)11-6-7(2)3/h5,7H,4,6H2,1-3H3. The quantitative estimate of drug-likeness (QED) is 0.693. The van der Waals surface area contributed by atoms with E-state index in [2.05, 4.69) is 19.0 Å². The molecule has 12 heavy (non-hydrogen) atoms. The van der Waals surface area contributed by atoms with Crippen molar-refractivity contribution in [3.05, 3.63) is 11.8 Å².